The number of aromatic nitrogens is 2. The minimum Gasteiger partial charge on any atom is -0.478 e. The summed E-state index contributed by atoms with van der Waals surface area (Å²) < 4.78 is 1.71. The van der Waals surface area contributed by atoms with Gasteiger partial charge in [-0.2, -0.15) is 5.10 Å². The summed E-state index contributed by atoms with van der Waals surface area (Å²) in [6, 6.07) is 4.84. The van der Waals surface area contributed by atoms with Crippen LogP contribution in [0.15, 0.2) is 24.4 Å². The maximum absolute atomic E-state index is 10.8. The van der Waals surface area contributed by atoms with Crippen molar-refractivity contribution in [1.29, 1.82) is 0 Å². The Morgan fingerprint density at radius 3 is 2.94 bits per heavy atom. The molecule has 5 heteroatoms. The fraction of sp³-hybridized carbons (Fsp3) is 0.273. The van der Waals surface area contributed by atoms with E-state index in [4.69, 9.17) is 10.2 Å². The van der Waals surface area contributed by atoms with Crippen LogP contribution < -0.4 is 0 Å². The Hall–Kier alpha value is -1.88. The molecule has 0 atom stereocenters. The van der Waals surface area contributed by atoms with Crippen molar-refractivity contribution in [2.75, 3.05) is 6.61 Å². The molecular formula is C11H12N2O3. The van der Waals surface area contributed by atoms with Crippen LogP contribution in [0, 0.1) is 0 Å². The Morgan fingerprint density at radius 2 is 2.25 bits per heavy atom. The summed E-state index contributed by atoms with van der Waals surface area (Å²) in [5.74, 6) is -0.952. The molecule has 0 saturated heterocycles. The number of aliphatic hydroxyl groups excluding tert-OH is 1. The zero-order valence-corrected chi connectivity index (χ0v) is 8.63. The average molecular weight is 220 g/mol. The SMILES string of the molecule is O=C(O)c1ccc2cn(CCCO)nc2c1. The molecule has 0 aliphatic carbocycles. The molecule has 0 unspecified atom stereocenters. The van der Waals surface area contributed by atoms with Gasteiger partial charge in [0, 0.05) is 24.7 Å². The second-order valence-corrected chi connectivity index (χ2v) is 3.55. The molecule has 0 aliphatic rings. The summed E-state index contributed by atoms with van der Waals surface area (Å²) in [6.45, 7) is 0.754. The number of carboxylic acid groups (broad SMARTS) is 1. The highest BCUT2D eigenvalue weighted by Gasteiger charge is 2.06. The van der Waals surface area contributed by atoms with Gasteiger partial charge in [-0.1, -0.05) is 6.07 Å². The van der Waals surface area contributed by atoms with Crippen LogP contribution in [-0.2, 0) is 6.54 Å². The molecule has 2 aromatic rings. The van der Waals surface area contributed by atoms with E-state index >= 15 is 0 Å². The molecule has 0 spiro atoms. The van der Waals surface area contributed by atoms with Crippen LogP contribution in [0.2, 0.25) is 0 Å². The first kappa shape index (κ1) is 10.6. The number of aryl methyl sites for hydroxylation is 1. The molecule has 84 valence electrons. The largest absolute Gasteiger partial charge is 0.478 e. The van der Waals surface area contributed by atoms with E-state index < -0.39 is 5.97 Å². The molecule has 2 N–H and O–H groups in total. The van der Waals surface area contributed by atoms with Crippen LogP contribution in [0.25, 0.3) is 10.9 Å². The zero-order chi connectivity index (χ0) is 11.5. The van der Waals surface area contributed by atoms with Gasteiger partial charge in [0.15, 0.2) is 0 Å². The van der Waals surface area contributed by atoms with E-state index in [0.29, 0.717) is 18.5 Å². The van der Waals surface area contributed by atoms with Crippen LogP contribution in [-0.4, -0.2) is 32.6 Å². The van der Waals surface area contributed by atoms with Crippen LogP contribution in [0.3, 0.4) is 0 Å². The molecule has 0 radical (unpaired) electrons. The van der Waals surface area contributed by atoms with Gasteiger partial charge in [-0.15, -0.1) is 0 Å². The Bertz CT molecular complexity index is 519. The van der Waals surface area contributed by atoms with E-state index in [2.05, 4.69) is 5.10 Å². The molecule has 0 saturated carbocycles. The van der Waals surface area contributed by atoms with Gasteiger partial charge in [-0.25, -0.2) is 4.79 Å². The predicted molar refractivity (Wildman–Crippen MR) is 58.4 cm³/mol. The van der Waals surface area contributed by atoms with Gasteiger partial charge in [0.2, 0.25) is 0 Å². The fourth-order valence-electron chi connectivity index (χ4n) is 1.55. The summed E-state index contributed by atoms with van der Waals surface area (Å²) in [5, 5.41) is 22.7. The molecule has 1 aromatic carbocycles. The molecule has 1 heterocycles. The number of nitrogens with zero attached hydrogens (tertiary/aromatic N) is 2. The van der Waals surface area contributed by atoms with Crippen molar-refractivity contribution in [3.63, 3.8) is 0 Å². The summed E-state index contributed by atoms with van der Waals surface area (Å²) in [6.07, 6.45) is 2.48. The van der Waals surface area contributed by atoms with Crippen LogP contribution in [0.5, 0.6) is 0 Å². The number of hydrogen-bond acceptors (Lipinski definition) is 3. The van der Waals surface area contributed by atoms with Crippen molar-refractivity contribution < 1.29 is 15.0 Å². The first-order valence-electron chi connectivity index (χ1n) is 5.02. The second-order valence-electron chi connectivity index (χ2n) is 3.55. The molecule has 1 aromatic heterocycles. The van der Waals surface area contributed by atoms with Crippen molar-refractivity contribution in [3.05, 3.63) is 30.0 Å². The van der Waals surface area contributed by atoms with Crippen molar-refractivity contribution in [2.24, 2.45) is 0 Å². The van der Waals surface area contributed by atoms with Gasteiger partial charge in [0.25, 0.3) is 0 Å². The molecule has 5 nitrogen and oxygen atoms in total. The van der Waals surface area contributed by atoms with Crippen molar-refractivity contribution >= 4 is 16.9 Å². The van der Waals surface area contributed by atoms with Crippen molar-refractivity contribution in [2.45, 2.75) is 13.0 Å². The van der Waals surface area contributed by atoms with E-state index in [-0.39, 0.29) is 12.2 Å². The number of carbonyl (C=O) groups is 1. The standard InChI is InChI=1S/C11H12N2O3/c14-5-1-4-13-7-9-3-2-8(11(15)16)6-10(9)12-13/h2-3,6-7,14H,1,4-5H2,(H,15,16). The van der Waals surface area contributed by atoms with Crippen LogP contribution >= 0.6 is 0 Å². The third kappa shape index (κ3) is 2.04. The lowest BCUT2D eigenvalue weighted by atomic mass is 10.2. The lowest BCUT2D eigenvalue weighted by Gasteiger charge is -1.96. The van der Waals surface area contributed by atoms with E-state index in [1.165, 1.54) is 0 Å². The first-order chi connectivity index (χ1) is 7.70. The Morgan fingerprint density at radius 1 is 1.44 bits per heavy atom. The third-order valence-electron chi connectivity index (χ3n) is 2.35. The average Bonchev–Trinajstić information content (AvgIpc) is 2.67. The Balaban J connectivity index is 2.34. The lowest BCUT2D eigenvalue weighted by Crippen LogP contribution is -2.00. The lowest BCUT2D eigenvalue weighted by molar-refractivity contribution is 0.0697. The van der Waals surface area contributed by atoms with Crippen LogP contribution in [0.1, 0.15) is 16.8 Å². The monoisotopic (exact) mass is 220 g/mol. The van der Waals surface area contributed by atoms with E-state index in [1.807, 2.05) is 6.20 Å². The molecule has 0 fully saturated rings. The molecular weight excluding hydrogens is 208 g/mol. The highest BCUT2D eigenvalue weighted by Crippen LogP contribution is 2.14. The van der Waals surface area contributed by atoms with Gasteiger partial charge in [-0.3, -0.25) is 4.68 Å². The van der Waals surface area contributed by atoms with Gasteiger partial charge >= 0.3 is 5.97 Å². The van der Waals surface area contributed by atoms with E-state index in [9.17, 15) is 4.79 Å². The van der Waals surface area contributed by atoms with Crippen molar-refractivity contribution in [3.8, 4) is 0 Å². The van der Waals surface area contributed by atoms with Gasteiger partial charge in [0.05, 0.1) is 11.1 Å². The predicted octanol–water partition coefficient (Wildman–Crippen LogP) is 1.12. The zero-order valence-electron chi connectivity index (χ0n) is 8.63. The van der Waals surface area contributed by atoms with E-state index in [0.717, 1.165) is 5.39 Å². The van der Waals surface area contributed by atoms with Crippen LogP contribution in [0.4, 0.5) is 0 Å². The second kappa shape index (κ2) is 4.32. The van der Waals surface area contributed by atoms with Gasteiger partial charge in [0.1, 0.15) is 0 Å². The first-order valence-corrected chi connectivity index (χ1v) is 5.02. The quantitative estimate of drug-likeness (QED) is 0.809. The smallest absolute Gasteiger partial charge is 0.335 e. The number of benzene rings is 1. The number of fused-ring (bicyclic) bond motifs is 1. The number of carboxylic acids is 1. The molecule has 2 rings (SSSR count). The molecule has 0 bridgehead atoms. The summed E-state index contributed by atoms with van der Waals surface area (Å²) in [4.78, 5) is 10.8. The van der Waals surface area contributed by atoms with E-state index in [1.54, 1.807) is 22.9 Å². The maximum Gasteiger partial charge on any atom is 0.335 e. The number of hydrogen-bond donors (Lipinski definition) is 2. The topological polar surface area (TPSA) is 75.3 Å². The Kier molecular flexibility index (Phi) is 2.87. The Labute approximate surface area is 91.9 Å². The number of aromatic carboxylic acids is 1. The third-order valence-corrected chi connectivity index (χ3v) is 2.35. The minimum absolute atomic E-state index is 0.122. The summed E-state index contributed by atoms with van der Waals surface area (Å²) in [7, 11) is 0. The summed E-state index contributed by atoms with van der Waals surface area (Å²) in [5.41, 5.74) is 0.901. The normalized spacial score (nSPS) is 10.8. The number of aliphatic hydroxyl groups is 1. The highest BCUT2D eigenvalue weighted by atomic mass is 16.4. The number of rotatable bonds is 4. The minimum atomic E-state index is -0.952. The summed E-state index contributed by atoms with van der Waals surface area (Å²) >= 11 is 0. The molecule has 0 aliphatic heterocycles. The highest BCUT2D eigenvalue weighted by molar-refractivity contribution is 5.92. The molecule has 0 amide bonds. The maximum atomic E-state index is 10.8. The van der Waals surface area contributed by atoms with Gasteiger partial charge in [-0.05, 0) is 18.6 Å². The van der Waals surface area contributed by atoms with Gasteiger partial charge < -0.3 is 10.2 Å². The fourth-order valence-corrected chi connectivity index (χ4v) is 1.55. The molecule has 16 heavy (non-hydrogen) atoms. The van der Waals surface area contributed by atoms with Crippen molar-refractivity contribution in [1.82, 2.24) is 9.78 Å².